The molecule has 1 saturated carbocycles. The number of carbonyl (C=O) groups excluding carboxylic acids is 1. The van der Waals surface area contributed by atoms with Gasteiger partial charge in [-0.15, -0.1) is 0 Å². The summed E-state index contributed by atoms with van der Waals surface area (Å²) in [6.07, 6.45) is 1.79. The van der Waals surface area contributed by atoms with Gasteiger partial charge in [-0.2, -0.15) is 0 Å². The van der Waals surface area contributed by atoms with Crippen LogP contribution in [0.1, 0.15) is 18.4 Å². The fourth-order valence-electron chi connectivity index (χ4n) is 2.38. The molecule has 0 saturated heterocycles. The van der Waals surface area contributed by atoms with E-state index in [0.29, 0.717) is 9.29 Å². The summed E-state index contributed by atoms with van der Waals surface area (Å²) in [6, 6.07) is 4.91. The number of benzene rings is 1. The molecule has 1 amide bonds. The third-order valence-electron chi connectivity index (χ3n) is 3.57. The summed E-state index contributed by atoms with van der Waals surface area (Å²) in [4.78, 5) is 12.5. The molecule has 5 nitrogen and oxygen atoms in total. The van der Waals surface area contributed by atoms with Gasteiger partial charge in [0.1, 0.15) is 0 Å². The van der Waals surface area contributed by atoms with Crippen molar-refractivity contribution < 1.29 is 15.1 Å². The minimum absolute atomic E-state index is 0.0320. The molecule has 1 aromatic rings. The van der Waals surface area contributed by atoms with E-state index in [1.54, 1.807) is 12.1 Å². The van der Waals surface area contributed by atoms with E-state index in [4.69, 9.17) is 5.21 Å². The Bertz CT molecular complexity index is 589. The van der Waals surface area contributed by atoms with Gasteiger partial charge in [-0.05, 0) is 0 Å². The average Bonchev–Trinajstić information content (AvgIpc) is 2.78. The normalized spacial score (nSPS) is 25.2. The van der Waals surface area contributed by atoms with Crippen LogP contribution in [-0.2, 0) is 11.2 Å². The summed E-state index contributed by atoms with van der Waals surface area (Å²) >= 11 is 10.7. The molecule has 8 heteroatoms. The van der Waals surface area contributed by atoms with Crippen molar-refractivity contribution in [1.82, 2.24) is 5.32 Å². The molecule has 0 aliphatic heterocycles. The Hall–Kier alpha value is -0.691. The maximum absolute atomic E-state index is 12.2. The standard InChI is InChI=1S/C14H16BrN2O3SSe/c15-9-3-7(1-2-11(9)18)4-10(17-20)14(19)16-8-5-12(21)13(22)6-8/h1-3,8,12-13,18,20-21H,4-6H2,(H,16,19)/b17-10+. The number of oxime groups is 1. The number of aromatic hydroxyl groups is 1. The molecule has 1 aromatic carbocycles. The van der Waals surface area contributed by atoms with Gasteiger partial charge in [-0.25, -0.2) is 0 Å². The Morgan fingerprint density at radius 1 is 1.50 bits per heavy atom. The number of nitrogens with one attached hydrogen (secondary N) is 1. The molecule has 1 radical (unpaired) electrons. The Balaban J connectivity index is 1.99. The molecule has 3 N–H and O–H groups in total. The number of rotatable bonds is 4. The predicted octanol–water partition coefficient (Wildman–Crippen LogP) is 2.06. The van der Waals surface area contributed by atoms with E-state index in [9.17, 15) is 9.90 Å². The number of hydrogen-bond acceptors (Lipinski definition) is 5. The second kappa shape index (κ2) is 7.72. The SMILES string of the molecule is O=C(NC1CC(S)C([Se])C1)/C(Cc1ccc(O)c(Br)c1)=N/O. The average molecular weight is 451 g/mol. The number of phenols is 1. The Labute approximate surface area is 150 Å². The monoisotopic (exact) mass is 451 g/mol. The first kappa shape index (κ1) is 17.7. The molecule has 2 rings (SSSR count). The maximum atomic E-state index is 12.2. The van der Waals surface area contributed by atoms with Gasteiger partial charge < -0.3 is 0 Å². The van der Waals surface area contributed by atoms with Crippen molar-refractivity contribution in [3.8, 4) is 5.75 Å². The van der Waals surface area contributed by atoms with Gasteiger partial charge >= 0.3 is 151 Å². The molecule has 0 bridgehead atoms. The van der Waals surface area contributed by atoms with Crippen molar-refractivity contribution in [3.05, 3.63) is 28.2 Å². The second-order valence-corrected chi connectivity index (χ2v) is 8.04. The third kappa shape index (κ3) is 4.41. The van der Waals surface area contributed by atoms with E-state index in [1.807, 2.05) is 0 Å². The van der Waals surface area contributed by atoms with Crippen molar-refractivity contribution in [1.29, 1.82) is 0 Å². The minimum atomic E-state index is -0.383. The van der Waals surface area contributed by atoms with Crippen LogP contribution in [-0.4, -0.2) is 49.2 Å². The summed E-state index contributed by atoms with van der Waals surface area (Å²) in [5.41, 5.74) is 0.796. The van der Waals surface area contributed by atoms with Gasteiger partial charge in [0.05, 0.1) is 0 Å². The van der Waals surface area contributed by atoms with E-state index in [0.717, 1.165) is 18.4 Å². The molecule has 0 heterocycles. The molecule has 1 aliphatic carbocycles. The van der Waals surface area contributed by atoms with Gasteiger partial charge in [0, 0.05) is 0 Å². The van der Waals surface area contributed by atoms with E-state index >= 15 is 0 Å². The van der Waals surface area contributed by atoms with Gasteiger partial charge in [0.15, 0.2) is 0 Å². The summed E-state index contributed by atoms with van der Waals surface area (Å²) in [5, 5.41) is 24.8. The quantitative estimate of drug-likeness (QED) is 0.186. The van der Waals surface area contributed by atoms with E-state index in [1.165, 1.54) is 6.07 Å². The van der Waals surface area contributed by atoms with Gasteiger partial charge in [0.25, 0.3) is 0 Å². The second-order valence-electron chi connectivity index (χ2n) is 5.26. The first-order valence-corrected chi connectivity index (χ1v) is 9.03. The molecular formula is C14H16BrN2O3SSe. The topological polar surface area (TPSA) is 81.9 Å². The number of amides is 1. The fraction of sp³-hybridized carbons (Fsp3) is 0.429. The van der Waals surface area contributed by atoms with Gasteiger partial charge in [-0.1, -0.05) is 0 Å². The molecule has 3 unspecified atom stereocenters. The number of nitrogens with zero attached hydrogens (tertiary/aromatic N) is 1. The summed E-state index contributed by atoms with van der Waals surface area (Å²) < 4.78 is 0.528. The van der Waals surface area contributed by atoms with Gasteiger partial charge in [0.2, 0.25) is 0 Å². The van der Waals surface area contributed by atoms with E-state index in [-0.39, 0.29) is 35.1 Å². The molecule has 1 aliphatic rings. The third-order valence-corrected chi connectivity index (χ3v) is 6.33. The van der Waals surface area contributed by atoms with Crippen LogP contribution in [0.4, 0.5) is 0 Å². The van der Waals surface area contributed by atoms with Crippen molar-refractivity contribution in [2.75, 3.05) is 0 Å². The van der Waals surface area contributed by atoms with Crippen molar-refractivity contribution in [3.63, 3.8) is 0 Å². The van der Waals surface area contributed by atoms with Crippen LogP contribution in [0.15, 0.2) is 27.8 Å². The molecule has 119 valence electrons. The van der Waals surface area contributed by atoms with Crippen LogP contribution >= 0.6 is 28.6 Å². The number of hydrogen-bond donors (Lipinski definition) is 4. The molecule has 22 heavy (non-hydrogen) atoms. The first-order valence-electron chi connectivity index (χ1n) is 6.73. The number of carbonyl (C=O) groups is 1. The summed E-state index contributed by atoms with van der Waals surface area (Å²) in [6.45, 7) is 0. The predicted molar refractivity (Wildman–Crippen MR) is 92.2 cm³/mol. The number of thiol groups is 1. The van der Waals surface area contributed by atoms with Crippen LogP contribution in [0, 0.1) is 0 Å². The zero-order valence-corrected chi connectivity index (χ0v) is 15.8. The Morgan fingerprint density at radius 3 is 2.77 bits per heavy atom. The van der Waals surface area contributed by atoms with Crippen LogP contribution in [0.25, 0.3) is 0 Å². The number of phenolic OH excluding ortho intramolecular Hbond substituents is 1. The number of halogens is 1. The van der Waals surface area contributed by atoms with Crippen LogP contribution in [0.3, 0.4) is 0 Å². The van der Waals surface area contributed by atoms with Crippen molar-refractivity contribution in [2.24, 2.45) is 5.16 Å². The first-order chi connectivity index (χ1) is 10.4. The molecule has 0 aromatic heterocycles. The Morgan fingerprint density at radius 2 is 2.23 bits per heavy atom. The van der Waals surface area contributed by atoms with Crippen LogP contribution < -0.4 is 5.32 Å². The van der Waals surface area contributed by atoms with Crippen molar-refractivity contribution >= 4 is 56.2 Å². The van der Waals surface area contributed by atoms with Gasteiger partial charge in [-0.3, -0.25) is 0 Å². The molecule has 1 fully saturated rings. The zero-order chi connectivity index (χ0) is 16.3. The Kier molecular flexibility index (Phi) is 6.20. The van der Waals surface area contributed by atoms with Crippen molar-refractivity contribution in [2.45, 2.75) is 35.4 Å². The molecule has 3 atom stereocenters. The van der Waals surface area contributed by atoms with E-state index in [2.05, 4.69) is 55.0 Å². The van der Waals surface area contributed by atoms with Crippen LogP contribution in [0.5, 0.6) is 5.75 Å². The summed E-state index contributed by atoms with van der Waals surface area (Å²) in [5.74, 6) is -0.266. The van der Waals surface area contributed by atoms with E-state index < -0.39 is 0 Å². The fourth-order valence-corrected chi connectivity index (χ4v) is 3.90. The molecule has 0 spiro atoms. The zero-order valence-electron chi connectivity index (χ0n) is 11.6. The molecular weight excluding hydrogens is 435 g/mol. The van der Waals surface area contributed by atoms with Crippen LogP contribution in [0.2, 0.25) is 4.82 Å². The summed E-state index contributed by atoms with van der Waals surface area (Å²) in [7, 11) is 0.